The molecule has 1 N–H and O–H groups in total. The van der Waals surface area contributed by atoms with Gasteiger partial charge in [0, 0.05) is 0 Å². The second-order valence-electron chi connectivity index (χ2n) is 6.76. The highest BCUT2D eigenvalue weighted by atomic mass is 16.5. The molecule has 0 radical (unpaired) electrons. The summed E-state index contributed by atoms with van der Waals surface area (Å²) in [5, 5.41) is 2.65. The summed E-state index contributed by atoms with van der Waals surface area (Å²) in [6.07, 6.45) is -0.318. The van der Waals surface area contributed by atoms with E-state index in [1.54, 1.807) is 45.0 Å². The molecule has 1 heterocycles. The molecule has 1 aliphatic heterocycles. The van der Waals surface area contributed by atoms with Gasteiger partial charge < -0.3 is 14.8 Å². The summed E-state index contributed by atoms with van der Waals surface area (Å²) in [6.45, 7) is 10.6. The highest BCUT2D eigenvalue weighted by Crippen LogP contribution is 2.30. The van der Waals surface area contributed by atoms with Crippen molar-refractivity contribution < 1.29 is 23.9 Å². The van der Waals surface area contributed by atoms with Crippen LogP contribution in [0.25, 0.3) is 0 Å². The maximum atomic E-state index is 12.8. The molecule has 0 bridgehead atoms. The van der Waals surface area contributed by atoms with Crippen molar-refractivity contribution >= 4 is 17.9 Å². The molecule has 2 rings (SSSR count). The predicted molar refractivity (Wildman–Crippen MR) is 95.6 cm³/mol. The van der Waals surface area contributed by atoms with Gasteiger partial charge in [0.25, 0.3) is 5.91 Å². The van der Waals surface area contributed by atoms with Gasteiger partial charge in [0.2, 0.25) is 0 Å². The Hall–Kier alpha value is -2.83. The Morgan fingerprint density at radius 1 is 1.27 bits per heavy atom. The molecule has 1 unspecified atom stereocenters. The Balaban J connectivity index is 2.13. The monoisotopic (exact) mass is 360 g/mol. The van der Waals surface area contributed by atoms with E-state index in [0.29, 0.717) is 17.9 Å². The number of esters is 1. The van der Waals surface area contributed by atoms with Crippen LogP contribution in [0.4, 0.5) is 4.79 Å². The molecule has 0 saturated carbocycles. The maximum Gasteiger partial charge on any atom is 0.326 e. The maximum absolute atomic E-state index is 12.8. The molecule has 7 nitrogen and oxygen atoms in total. The second kappa shape index (κ2) is 7.59. The van der Waals surface area contributed by atoms with Crippen LogP contribution in [-0.2, 0) is 19.9 Å². The Bertz CT molecular complexity index is 726. The van der Waals surface area contributed by atoms with Crippen molar-refractivity contribution in [3.05, 3.63) is 42.0 Å². The lowest BCUT2D eigenvalue weighted by Crippen LogP contribution is -2.41. The number of ether oxygens (including phenoxy) is 2. The van der Waals surface area contributed by atoms with Crippen LogP contribution in [0.3, 0.4) is 0 Å². The molecule has 1 saturated heterocycles. The fourth-order valence-corrected chi connectivity index (χ4v) is 2.56. The van der Waals surface area contributed by atoms with Gasteiger partial charge in [-0.3, -0.25) is 14.5 Å². The third-order valence-electron chi connectivity index (χ3n) is 3.85. The number of nitrogens with zero attached hydrogens (tertiary/aromatic N) is 1. The third-order valence-corrected chi connectivity index (χ3v) is 3.85. The topological polar surface area (TPSA) is 84.9 Å². The number of amides is 3. The average Bonchev–Trinajstić information content (AvgIpc) is 2.77. The first-order valence-electron chi connectivity index (χ1n) is 8.35. The summed E-state index contributed by atoms with van der Waals surface area (Å²) in [5.74, 6) is -0.496. The van der Waals surface area contributed by atoms with E-state index in [2.05, 4.69) is 11.9 Å². The van der Waals surface area contributed by atoms with E-state index in [1.807, 2.05) is 6.92 Å². The van der Waals surface area contributed by atoms with Gasteiger partial charge in [-0.1, -0.05) is 18.7 Å². The molecule has 1 aliphatic rings. The van der Waals surface area contributed by atoms with Crippen LogP contribution in [-0.4, -0.2) is 42.1 Å². The number of hydrogen-bond donors (Lipinski definition) is 1. The fourth-order valence-electron chi connectivity index (χ4n) is 2.56. The van der Waals surface area contributed by atoms with Crippen molar-refractivity contribution in [2.24, 2.45) is 0 Å². The number of rotatable bonds is 7. The van der Waals surface area contributed by atoms with Gasteiger partial charge in [0.05, 0.1) is 6.10 Å². The lowest BCUT2D eigenvalue weighted by atomic mass is 9.92. The van der Waals surface area contributed by atoms with Crippen LogP contribution in [0.2, 0.25) is 0 Å². The number of nitrogens with one attached hydrogen (secondary N) is 1. The summed E-state index contributed by atoms with van der Waals surface area (Å²) < 4.78 is 10.5. The molecule has 140 valence electrons. The minimum atomic E-state index is -1.25. The molecular formula is C19H24N2O5. The van der Waals surface area contributed by atoms with E-state index in [9.17, 15) is 14.4 Å². The van der Waals surface area contributed by atoms with Crippen LogP contribution in [0, 0.1) is 0 Å². The number of carbonyl (C=O) groups is 3. The number of imide groups is 1. The molecular weight excluding hydrogens is 336 g/mol. The van der Waals surface area contributed by atoms with Crippen LogP contribution in [0.5, 0.6) is 5.75 Å². The highest BCUT2D eigenvalue weighted by Gasteiger charge is 2.49. The van der Waals surface area contributed by atoms with Gasteiger partial charge in [-0.2, -0.15) is 0 Å². The van der Waals surface area contributed by atoms with Gasteiger partial charge in [0.15, 0.2) is 0 Å². The fraction of sp³-hybridized carbons (Fsp3) is 0.421. The number of benzene rings is 1. The van der Waals surface area contributed by atoms with E-state index in [0.717, 1.165) is 10.5 Å². The summed E-state index contributed by atoms with van der Waals surface area (Å²) in [5.41, 5.74) is 0.240. The van der Waals surface area contributed by atoms with Gasteiger partial charge in [-0.05, 0) is 51.0 Å². The van der Waals surface area contributed by atoms with Crippen LogP contribution in [0.15, 0.2) is 36.4 Å². The molecule has 0 aliphatic carbocycles. The van der Waals surface area contributed by atoms with Crippen molar-refractivity contribution in [2.75, 3.05) is 13.2 Å². The van der Waals surface area contributed by atoms with Crippen LogP contribution >= 0.6 is 0 Å². The molecule has 26 heavy (non-hydrogen) atoms. The summed E-state index contributed by atoms with van der Waals surface area (Å²) in [4.78, 5) is 37.6. The Morgan fingerprint density at radius 2 is 1.88 bits per heavy atom. The molecule has 1 atom stereocenters. The van der Waals surface area contributed by atoms with E-state index in [-0.39, 0.29) is 6.10 Å². The van der Waals surface area contributed by atoms with Gasteiger partial charge in [-0.15, -0.1) is 0 Å². The number of urea groups is 1. The van der Waals surface area contributed by atoms with E-state index < -0.39 is 30.0 Å². The summed E-state index contributed by atoms with van der Waals surface area (Å²) >= 11 is 0. The predicted octanol–water partition coefficient (Wildman–Crippen LogP) is 2.36. The lowest BCUT2D eigenvalue weighted by molar-refractivity contribution is -0.150. The highest BCUT2D eigenvalue weighted by molar-refractivity contribution is 6.08. The van der Waals surface area contributed by atoms with Crippen molar-refractivity contribution in [2.45, 2.75) is 39.3 Å². The smallest absolute Gasteiger partial charge is 0.326 e. The molecule has 0 spiro atoms. The van der Waals surface area contributed by atoms with Gasteiger partial charge in [0.1, 0.15) is 24.4 Å². The average molecular weight is 360 g/mol. The van der Waals surface area contributed by atoms with Gasteiger partial charge in [-0.25, -0.2) is 4.79 Å². The normalized spacial score (nSPS) is 19.5. The van der Waals surface area contributed by atoms with Crippen molar-refractivity contribution in [3.63, 3.8) is 0 Å². The second-order valence-corrected chi connectivity index (χ2v) is 6.76. The summed E-state index contributed by atoms with van der Waals surface area (Å²) in [6, 6.07) is 6.24. The number of hydrogen-bond acceptors (Lipinski definition) is 5. The Kier molecular flexibility index (Phi) is 5.69. The van der Waals surface area contributed by atoms with Gasteiger partial charge >= 0.3 is 12.0 Å². The van der Waals surface area contributed by atoms with E-state index >= 15 is 0 Å². The Morgan fingerprint density at radius 3 is 2.42 bits per heavy atom. The lowest BCUT2D eigenvalue weighted by Gasteiger charge is -2.22. The first-order chi connectivity index (χ1) is 12.1. The molecule has 7 heteroatoms. The third kappa shape index (κ3) is 4.22. The SMILES string of the molecule is C=C(C)COc1ccc(C2(C)NC(=O)N(CC(=O)OC(C)C)C2=O)cc1. The van der Waals surface area contributed by atoms with Crippen molar-refractivity contribution in [1.29, 1.82) is 0 Å². The molecule has 1 fully saturated rings. The zero-order valence-electron chi connectivity index (χ0n) is 15.5. The minimum absolute atomic E-state index is 0.318. The molecule has 1 aromatic rings. The zero-order valence-corrected chi connectivity index (χ0v) is 15.5. The Labute approximate surface area is 153 Å². The quantitative estimate of drug-likeness (QED) is 0.458. The van der Waals surface area contributed by atoms with Crippen molar-refractivity contribution in [3.8, 4) is 5.75 Å². The van der Waals surface area contributed by atoms with Crippen LogP contribution in [0.1, 0.15) is 33.3 Å². The van der Waals surface area contributed by atoms with Crippen molar-refractivity contribution in [1.82, 2.24) is 10.2 Å². The zero-order chi connectivity index (χ0) is 19.5. The molecule has 1 aromatic carbocycles. The first-order valence-corrected chi connectivity index (χ1v) is 8.35. The van der Waals surface area contributed by atoms with Crippen LogP contribution < -0.4 is 10.1 Å². The number of carbonyl (C=O) groups excluding carboxylic acids is 3. The first kappa shape index (κ1) is 19.5. The largest absolute Gasteiger partial charge is 0.489 e. The minimum Gasteiger partial charge on any atom is -0.489 e. The van der Waals surface area contributed by atoms with E-state index in [1.165, 1.54) is 0 Å². The summed E-state index contributed by atoms with van der Waals surface area (Å²) in [7, 11) is 0. The standard InChI is InChI=1S/C19H24N2O5/c1-12(2)11-25-15-8-6-14(7-9-15)19(5)17(23)21(18(24)20-19)10-16(22)26-13(3)4/h6-9,13H,1,10-11H2,2-5H3,(H,20,24). The molecule has 3 amide bonds. The van der Waals surface area contributed by atoms with E-state index in [4.69, 9.17) is 9.47 Å². The molecule has 0 aromatic heterocycles.